The Hall–Kier alpha value is -3.20. The average molecular weight is 563 g/mol. The highest BCUT2D eigenvalue weighted by Gasteiger charge is 2.38. The van der Waals surface area contributed by atoms with Crippen molar-refractivity contribution in [2.24, 2.45) is 11.8 Å². The standard InChI is InChI=1S/C31H36ClFN6O/c1-18-7-5-6-8-20(18)10-24(40)9-19(2)27-26(32)11-25-29(28(27)33)35-31(39-16-23(17-39)37(3)4)36-30(25)38-14-21-12-34-13-22(21)15-38/h5-11,21-23,34,40H,12-17H2,1-4H3/b19-9+,24-10+/t21-,22+. The number of aromatic nitrogens is 2. The molecule has 9 heteroatoms. The van der Waals surface area contributed by atoms with Crippen LogP contribution < -0.4 is 15.1 Å². The lowest BCUT2D eigenvalue weighted by Gasteiger charge is -2.43. The smallest absolute Gasteiger partial charge is 0.228 e. The van der Waals surface area contributed by atoms with Gasteiger partial charge in [-0.25, -0.2) is 9.37 Å². The number of rotatable bonds is 6. The fourth-order valence-electron chi connectivity index (χ4n) is 6.13. The zero-order valence-electron chi connectivity index (χ0n) is 23.5. The molecule has 0 amide bonds. The predicted molar refractivity (Wildman–Crippen MR) is 162 cm³/mol. The quantitative estimate of drug-likeness (QED) is 0.318. The van der Waals surface area contributed by atoms with E-state index >= 15 is 4.39 Å². The van der Waals surface area contributed by atoms with Gasteiger partial charge in [0.05, 0.1) is 5.02 Å². The van der Waals surface area contributed by atoms with Gasteiger partial charge in [-0.15, -0.1) is 0 Å². The molecule has 40 heavy (non-hydrogen) atoms. The Morgan fingerprint density at radius 3 is 2.48 bits per heavy atom. The summed E-state index contributed by atoms with van der Waals surface area (Å²) in [6.07, 6.45) is 3.23. The molecular formula is C31H36ClFN6O. The van der Waals surface area contributed by atoms with Gasteiger partial charge < -0.3 is 25.1 Å². The zero-order chi connectivity index (χ0) is 28.1. The molecule has 0 unspecified atom stereocenters. The molecule has 3 saturated heterocycles. The summed E-state index contributed by atoms with van der Waals surface area (Å²) < 4.78 is 16.4. The molecule has 2 N–H and O–H groups in total. The number of likely N-dealkylation sites (N-methyl/N-ethyl adjacent to an activating group) is 1. The summed E-state index contributed by atoms with van der Waals surface area (Å²) in [4.78, 5) is 16.3. The van der Waals surface area contributed by atoms with Gasteiger partial charge in [-0.3, -0.25) is 0 Å². The molecule has 210 valence electrons. The van der Waals surface area contributed by atoms with Crippen LogP contribution in [0.4, 0.5) is 16.2 Å². The number of fused-ring (bicyclic) bond motifs is 2. The van der Waals surface area contributed by atoms with Crippen LogP contribution in [0.15, 0.2) is 42.2 Å². The van der Waals surface area contributed by atoms with E-state index in [1.165, 1.54) is 0 Å². The van der Waals surface area contributed by atoms with E-state index in [0.717, 1.165) is 56.2 Å². The summed E-state index contributed by atoms with van der Waals surface area (Å²) >= 11 is 6.76. The SMILES string of the molecule is C/C(=C\C(O)=C/c1ccccc1C)c1c(Cl)cc2c(N3C[C@H]4CNC[C@H]4C3)nc(N3CC(N(C)C)C3)nc2c1F. The van der Waals surface area contributed by atoms with Crippen molar-refractivity contribution in [3.63, 3.8) is 0 Å². The number of anilines is 2. The second-order valence-electron chi connectivity index (χ2n) is 11.6. The van der Waals surface area contributed by atoms with Crippen molar-refractivity contribution in [3.05, 3.63) is 69.7 Å². The molecule has 1 aromatic heterocycles. The van der Waals surface area contributed by atoms with Gasteiger partial charge in [0.15, 0.2) is 5.82 Å². The second kappa shape index (κ2) is 10.7. The lowest BCUT2D eigenvalue weighted by Crippen LogP contribution is -2.58. The van der Waals surface area contributed by atoms with Crippen LogP contribution in [0.5, 0.6) is 0 Å². The number of nitrogens with one attached hydrogen (secondary N) is 1. The topological polar surface area (TPSA) is 67.8 Å². The van der Waals surface area contributed by atoms with Gasteiger partial charge in [0.25, 0.3) is 0 Å². The van der Waals surface area contributed by atoms with Gasteiger partial charge in [0.2, 0.25) is 5.95 Å². The van der Waals surface area contributed by atoms with Crippen LogP contribution in [-0.2, 0) is 0 Å². The Morgan fingerprint density at radius 2 is 1.80 bits per heavy atom. The third kappa shape index (κ3) is 4.93. The zero-order valence-corrected chi connectivity index (χ0v) is 24.2. The molecule has 0 aliphatic carbocycles. The first-order valence-corrected chi connectivity index (χ1v) is 14.3. The summed E-state index contributed by atoms with van der Waals surface area (Å²) in [5, 5.41) is 15.1. The third-order valence-corrected chi connectivity index (χ3v) is 8.96. The normalized spacial score (nSPS) is 22.0. The lowest BCUT2D eigenvalue weighted by molar-refractivity contribution is 0.245. The Balaban J connectivity index is 1.42. The Labute approximate surface area is 240 Å². The summed E-state index contributed by atoms with van der Waals surface area (Å²) in [6, 6.07) is 9.98. The molecule has 2 aromatic carbocycles. The second-order valence-corrected chi connectivity index (χ2v) is 12.1. The number of aliphatic hydroxyl groups excluding tert-OH is 1. The Morgan fingerprint density at radius 1 is 1.10 bits per heavy atom. The monoisotopic (exact) mass is 562 g/mol. The van der Waals surface area contributed by atoms with Crippen molar-refractivity contribution in [2.75, 3.05) is 63.2 Å². The van der Waals surface area contributed by atoms with E-state index in [1.54, 1.807) is 25.1 Å². The Kier molecular flexibility index (Phi) is 7.19. The van der Waals surface area contributed by atoms with Gasteiger partial charge in [0.1, 0.15) is 17.1 Å². The number of hydrogen-bond acceptors (Lipinski definition) is 7. The van der Waals surface area contributed by atoms with Crippen LogP contribution >= 0.6 is 11.6 Å². The van der Waals surface area contributed by atoms with Crippen LogP contribution in [0.1, 0.15) is 23.6 Å². The minimum absolute atomic E-state index is 0.0268. The van der Waals surface area contributed by atoms with Crippen molar-refractivity contribution in [1.82, 2.24) is 20.2 Å². The van der Waals surface area contributed by atoms with E-state index in [-0.39, 0.29) is 21.9 Å². The third-order valence-electron chi connectivity index (χ3n) is 8.67. The fraction of sp³-hybridized carbons (Fsp3) is 0.419. The number of nitrogens with zero attached hydrogens (tertiary/aromatic N) is 5. The number of aryl methyl sites for hydroxylation is 1. The minimum Gasteiger partial charge on any atom is -0.508 e. The summed E-state index contributed by atoms with van der Waals surface area (Å²) in [5.41, 5.74) is 2.96. The maximum Gasteiger partial charge on any atom is 0.228 e. The Bertz CT molecular complexity index is 1500. The number of halogens is 2. The van der Waals surface area contributed by atoms with Crippen molar-refractivity contribution in [2.45, 2.75) is 19.9 Å². The van der Waals surface area contributed by atoms with Crippen LogP contribution in [0.25, 0.3) is 22.6 Å². The van der Waals surface area contributed by atoms with Crippen molar-refractivity contribution >= 4 is 45.9 Å². The fourth-order valence-corrected chi connectivity index (χ4v) is 6.47. The molecular weight excluding hydrogens is 527 g/mol. The molecule has 3 aliphatic rings. The first-order valence-electron chi connectivity index (χ1n) is 13.9. The predicted octanol–water partition coefficient (Wildman–Crippen LogP) is 5.14. The molecule has 4 heterocycles. The lowest BCUT2D eigenvalue weighted by atomic mass is 10.0. The van der Waals surface area contributed by atoms with E-state index in [4.69, 9.17) is 21.6 Å². The average Bonchev–Trinajstić information content (AvgIpc) is 3.47. The molecule has 0 radical (unpaired) electrons. The molecule has 0 bridgehead atoms. The van der Waals surface area contributed by atoms with Crippen LogP contribution in [0, 0.1) is 24.6 Å². The highest BCUT2D eigenvalue weighted by atomic mass is 35.5. The van der Waals surface area contributed by atoms with E-state index in [1.807, 2.05) is 31.2 Å². The molecule has 6 rings (SSSR count). The molecule has 7 nitrogen and oxygen atoms in total. The number of hydrogen-bond donors (Lipinski definition) is 2. The van der Waals surface area contributed by atoms with Crippen LogP contribution in [0.3, 0.4) is 0 Å². The minimum atomic E-state index is -0.490. The first kappa shape index (κ1) is 27.0. The molecule has 0 saturated carbocycles. The maximum atomic E-state index is 16.4. The summed E-state index contributed by atoms with van der Waals surface area (Å²) in [6.45, 7) is 9.08. The first-order chi connectivity index (χ1) is 19.2. The van der Waals surface area contributed by atoms with Gasteiger partial charge in [0, 0.05) is 56.3 Å². The molecule has 0 spiro atoms. The largest absolute Gasteiger partial charge is 0.508 e. The van der Waals surface area contributed by atoms with Crippen molar-refractivity contribution in [1.29, 1.82) is 0 Å². The molecule has 3 aromatic rings. The summed E-state index contributed by atoms with van der Waals surface area (Å²) in [7, 11) is 4.13. The molecule has 2 atom stereocenters. The van der Waals surface area contributed by atoms with E-state index in [0.29, 0.717) is 34.8 Å². The van der Waals surface area contributed by atoms with Crippen molar-refractivity contribution < 1.29 is 9.50 Å². The van der Waals surface area contributed by atoms with E-state index < -0.39 is 5.82 Å². The van der Waals surface area contributed by atoms with E-state index in [9.17, 15) is 5.11 Å². The van der Waals surface area contributed by atoms with Crippen LogP contribution in [-0.4, -0.2) is 79.4 Å². The molecule has 3 fully saturated rings. The summed E-state index contributed by atoms with van der Waals surface area (Å²) in [5.74, 6) is 1.95. The van der Waals surface area contributed by atoms with Gasteiger partial charge >= 0.3 is 0 Å². The number of benzene rings is 2. The highest BCUT2D eigenvalue weighted by Crippen LogP contribution is 2.40. The highest BCUT2D eigenvalue weighted by molar-refractivity contribution is 6.33. The van der Waals surface area contributed by atoms with Gasteiger partial charge in [-0.1, -0.05) is 35.9 Å². The number of aliphatic hydroxyl groups is 1. The van der Waals surface area contributed by atoms with Gasteiger partial charge in [-0.2, -0.15) is 4.98 Å². The van der Waals surface area contributed by atoms with Gasteiger partial charge in [-0.05, 0) is 74.7 Å². The molecule has 3 aliphatic heterocycles. The van der Waals surface area contributed by atoms with E-state index in [2.05, 4.69) is 34.1 Å². The number of allylic oxidation sites excluding steroid dienone is 2. The van der Waals surface area contributed by atoms with Crippen molar-refractivity contribution in [3.8, 4) is 0 Å². The van der Waals surface area contributed by atoms with Crippen LogP contribution in [0.2, 0.25) is 5.02 Å². The maximum absolute atomic E-state index is 16.4.